The number of carboxylic acids is 1. The zero-order valence-corrected chi connectivity index (χ0v) is 15.2. The number of aliphatic carboxylic acids is 1. The standard InChI is InChI=1S/C18H27N5O3/c1-12-9-15(21-20-12)22-7-4-14(5-8-22)19-17(26)23-10-13-3-2-6-18(13,11-23)16(24)25/h9,13-14H,2-8,10-11H2,1H3,(H,19,26)(H,20,21)(H,24,25)/t13-,18+/m0/s1. The van der Waals surface area contributed by atoms with E-state index in [0.717, 1.165) is 50.3 Å². The highest BCUT2D eigenvalue weighted by atomic mass is 16.4. The maximum atomic E-state index is 12.7. The van der Waals surface area contributed by atoms with Gasteiger partial charge in [-0.25, -0.2) is 4.79 Å². The smallest absolute Gasteiger partial charge is 0.317 e. The number of amides is 2. The Bertz CT molecular complexity index is 697. The van der Waals surface area contributed by atoms with Crippen molar-refractivity contribution in [3.05, 3.63) is 11.8 Å². The third-order valence-electron chi connectivity index (χ3n) is 6.42. The minimum absolute atomic E-state index is 0.103. The predicted octanol–water partition coefficient (Wildman–Crippen LogP) is 1.58. The van der Waals surface area contributed by atoms with Gasteiger partial charge in [0.2, 0.25) is 0 Å². The van der Waals surface area contributed by atoms with Gasteiger partial charge < -0.3 is 20.2 Å². The van der Waals surface area contributed by atoms with Crippen LogP contribution in [0.4, 0.5) is 10.6 Å². The fourth-order valence-electron chi connectivity index (χ4n) is 4.88. The molecule has 2 aliphatic heterocycles. The van der Waals surface area contributed by atoms with Crippen LogP contribution in [0.25, 0.3) is 0 Å². The molecule has 3 N–H and O–H groups in total. The number of anilines is 1. The molecule has 2 amide bonds. The van der Waals surface area contributed by atoms with E-state index in [1.807, 2.05) is 13.0 Å². The molecule has 3 heterocycles. The third kappa shape index (κ3) is 2.91. The molecule has 0 radical (unpaired) electrons. The molecule has 26 heavy (non-hydrogen) atoms. The number of likely N-dealkylation sites (tertiary alicyclic amines) is 1. The second-order valence-electron chi connectivity index (χ2n) is 8.05. The number of nitrogens with zero attached hydrogens (tertiary/aromatic N) is 3. The predicted molar refractivity (Wildman–Crippen MR) is 96.1 cm³/mol. The first-order valence-electron chi connectivity index (χ1n) is 9.54. The summed E-state index contributed by atoms with van der Waals surface area (Å²) in [7, 11) is 0. The number of carboxylic acid groups (broad SMARTS) is 1. The molecule has 2 saturated heterocycles. The average molecular weight is 361 g/mol. The number of piperidine rings is 1. The molecule has 3 aliphatic rings. The molecule has 0 spiro atoms. The molecule has 142 valence electrons. The number of fused-ring (bicyclic) bond motifs is 1. The van der Waals surface area contributed by atoms with Crippen molar-refractivity contribution in [3.63, 3.8) is 0 Å². The summed E-state index contributed by atoms with van der Waals surface area (Å²) in [4.78, 5) is 28.4. The van der Waals surface area contributed by atoms with E-state index in [1.54, 1.807) is 4.90 Å². The van der Waals surface area contributed by atoms with Crippen LogP contribution in [0.2, 0.25) is 0 Å². The van der Waals surface area contributed by atoms with E-state index in [9.17, 15) is 14.7 Å². The summed E-state index contributed by atoms with van der Waals surface area (Å²) in [5.74, 6) is 0.330. The van der Waals surface area contributed by atoms with Crippen molar-refractivity contribution < 1.29 is 14.7 Å². The molecule has 2 atom stereocenters. The van der Waals surface area contributed by atoms with E-state index in [-0.39, 0.29) is 18.0 Å². The van der Waals surface area contributed by atoms with Gasteiger partial charge in [0, 0.05) is 44.0 Å². The van der Waals surface area contributed by atoms with Crippen molar-refractivity contribution >= 4 is 17.8 Å². The quantitative estimate of drug-likeness (QED) is 0.759. The third-order valence-corrected chi connectivity index (χ3v) is 6.42. The first kappa shape index (κ1) is 17.2. The monoisotopic (exact) mass is 361 g/mol. The van der Waals surface area contributed by atoms with Gasteiger partial charge in [0.25, 0.3) is 0 Å². The number of hydrogen-bond acceptors (Lipinski definition) is 4. The Morgan fingerprint density at radius 3 is 2.73 bits per heavy atom. The fraction of sp³-hybridized carbons (Fsp3) is 0.722. The Balaban J connectivity index is 1.30. The zero-order valence-electron chi connectivity index (χ0n) is 15.2. The minimum atomic E-state index is -0.738. The van der Waals surface area contributed by atoms with Gasteiger partial charge in [-0.1, -0.05) is 6.42 Å². The summed E-state index contributed by atoms with van der Waals surface area (Å²) in [6.07, 6.45) is 4.31. The molecule has 4 rings (SSSR count). The lowest BCUT2D eigenvalue weighted by atomic mass is 9.81. The van der Waals surface area contributed by atoms with Crippen LogP contribution in [0.1, 0.15) is 37.8 Å². The number of carbonyl (C=O) groups excluding carboxylic acids is 1. The fourth-order valence-corrected chi connectivity index (χ4v) is 4.88. The van der Waals surface area contributed by atoms with Gasteiger partial charge in [0.1, 0.15) is 0 Å². The van der Waals surface area contributed by atoms with Gasteiger partial charge in [-0.05, 0) is 38.5 Å². The number of rotatable bonds is 3. The van der Waals surface area contributed by atoms with Crippen LogP contribution >= 0.6 is 0 Å². The molecular formula is C18H27N5O3. The van der Waals surface area contributed by atoms with Gasteiger partial charge >= 0.3 is 12.0 Å². The molecule has 1 aromatic heterocycles. The SMILES string of the molecule is Cc1cc(N2CCC(NC(=O)N3C[C@@H]4CCC[C@@]4(C(=O)O)C3)CC2)n[nH]1. The molecule has 3 fully saturated rings. The summed E-state index contributed by atoms with van der Waals surface area (Å²) < 4.78 is 0. The molecule has 0 bridgehead atoms. The van der Waals surface area contributed by atoms with Crippen LogP contribution in [-0.4, -0.2) is 64.4 Å². The van der Waals surface area contributed by atoms with E-state index < -0.39 is 11.4 Å². The molecule has 8 heteroatoms. The number of urea groups is 1. The lowest BCUT2D eigenvalue weighted by Crippen LogP contribution is -2.49. The molecular weight excluding hydrogens is 334 g/mol. The largest absolute Gasteiger partial charge is 0.481 e. The van der Waals surface area contributed by atoms with E-state index in [2.05, 4.69) is 20.4 Å². The molecule has 0 unspecified atom stereocenters. The summed E-state index contributed by atoms with van der Waals surface area (Å²) >= 11 is 0. The van der Waals surface area contributed by atoms with E-state index >= 15 is 0 Å². The number of carbonyl (C=O) groups is 2. The van der Waals surface area contributed by atoms with Crippen LogP contribution in [-0.2, 0) is 4.79 Å². The molecule has 1 saturated carbocycles. The van der Waals surface area contributed by atoms with Gasteiger partial charge in [0.05, 0.1) is 5.41 Å². The highest BCUT2D eigenvalue weighted by molar-refractivity contribution is 5.80. The number of hydrogen-bond donors (Lipinski definition) is 3. The lowest BCUT2D eigenvalue weighted by molar-refractivity contribution is -0.149. The maximum Gasteiger partial charge on any atom is 0.317 e. The second kappa shape index (κ2) is 6.48. The first-order chi connectivity index (χ1) is 12.5. The van der Waals surface area contributed by atoms with Crippen LogP contribution in [0, 0.1) is 18.3 Å². The second-order valence-corrected chi connectivity index (χ2v) is 8.05. The van der Waals surface area contributed by atoms with Crippen LogP contribution in [0.3, 0.4) is 0 Å². The molecule has 1 aliphatic carbocycles. The Morgan fingerprint density at radius 2 is 2.12 bits per heavy atom. The molecule has 8 nitrogen and oxygen atoms in total. The maximum absolute atomic E-state index is 12.7. The number of H-pyrrole nitrogens is 1. The number of nitrogens with one attached hydrogen (secondary N) is 2. The van der Waals surface area contributed by atoms with Gasteiger partial charge in [-0.3, -0.25) is 9.89 Å². The Kier molecular flexibility index (Phi) is 4.28. The van der Waals surface area contributed by atoms with E-state index in [1.165, 1.54) is 0 Å². The lowest BCUT2D eigenvalue weighted by Gasteiger charge is -2.33. The summed E-state index contributed by atoms with van der Waals surface area (Å²) in [5, 5.41) is 20.0. The highest BCUT2D eigenvalue weighted by Gasteiger charge is 2.55. The van der Waals surface area contributed by atoms with Gasteiger partial charge in [0.15, 0.2) is 5.82 Å². The van der Waals surface area contributed by atoms with Crippen molar-refractivity contribution in [1.29, 1.82) is 0 Å². The normalized spacial score (nSPS) is 29.0. The van der Waals surface area contributed by atoms with Crippen molar-refractivity contribution in [1.82, 2.24) is 20.4 Å². The summed E-state index contributed by atoms with van der Waals surface area (Å²) in [6.45, 7) is 4.63. The Morgan fingerprint density at radius 1 is 1.35 bits per heavy atom. The van der Waals surface area contributed by atoms with E-state index in [0.29, 0.717) is 19.5 Å². The zero-order chi connectivity index (χ0) is 18.3. The number of aromatic nitrogens is 2. The Labute approximate surface area is 152 Å². The summed E-state index contributed by atoms with van der Waals surface area (Å²) in [5.41, 5.74) is 0.334. The van der Waals surface area contributed by atoms with Crippen molar-refractivity contribution in [2.24, 2.45) is 11.3 Å². The average Bonchev–Trinajstić information content (AvgIpc) is 3.29. The van der Waals surface area contributed by atoms with Crippen molar-refractivity contribution in [3.8, 4) is 0 Å². The van der Waals surface area contributed by atoms with Crippen LogP contribution in [0.5, 0.6) is 0 Å². The topological polar surface area (TPSA) is 102 Å². The van der Waals surface area contributed by atoms with Crippen molar-refractivity contribution in [2.75, 3.05) is 31.1 Å². The summed E-state index contributed by atoms with van der Waals surface area (Å²) in [6, 6.07) is 2.07. The van der Waals surface area contributed by atoms with Crippen molar-refractivity contribution in [2.45, 2.75) is 45.1 Å². The van der Waals surface area contributed by atoms with Gasteiger partial charge in [-0.15, -0.1) is 0 Å². The minimum Gasteiger partial charge on any atom is -0.481 e. The van der Waals surface area contributed by atoms with Crippen LogP contribution in [0.15, 0.2) is 6.07 Å². The van der Waals surface area contributed by atoms with Gasteiger partial charge in [-0.2, -0.15) is 5.10 Å². The van der Waals surface area contributed by atoms with Crippen LogP contribution < -0.4 is 10.2 Å². The molecule has 1 aromatic rings. The van der Waals surface area contributed by atoms with E-state index in [4.69, 9.17) is 0 Å². The number of aryl methyl sites for hydroxylation is 1. The number of aromatic amines is 1. The first-order valence-corrected chi connectivity index (χ1v) is 9.54. The Hall–Kier alpha value is -2.25. The molecule has 0 aromatic carbocycles. The highest BCUT2D eigenvalue weighted by Crippen LogP contribution is 2.48.